The molecule has 0 bridgehead atoms. The van der Waals surface area contributed by atoms with Crippen LogP contribution in [0.3, 0.4) is 0 Å². The Morgan fingerprint density at radius 3 is 2.31 bits per heavy atom. The Bertz CT molecular complexity index is 247. The van der Waals surface area contributed by atoms with Gasteiger partial charge in [-0.15, -0.1) is 0 Å². The predicted molar refractivity (Wildman–Crippen MR) is 61.2 cm³/mol. The van der Waals surface area contributed by atoms with Crippen molar-refractivity contribution in [1.29, 1.82) is 0 Å². The Balaban J connectivity index is 2.35. The number of halogens is 3. The summed E-state index contributed by atoms with van der Waals surface area (Å²) < 4.78 is 37.2. The third-order valence-corrected chi connectivity index (χ3v) is 3.47. The van der Waals surface area contributed by atoms with Crippen molar-refractivity contribution in [1.82, 2.24) is 4.90 Å². The number of nitrogens with two attached hydrogens (primary N) is 1. The van der Waals surface area contributed by atoms with E-state index in [1.165, 1.54) is 0 Å². The molecule has 0 aromatic carbocycles. The SMILES string of the molecule is CC(CN1CCC(C(F)(F)F)CC1)C(N)=S. The monoisotopic (exact) mass is 254 g/mol. The maximum Gasteiger partial charge on any atom is 0.391 e. The van der Waals surface area contributed by atoms with E-state index in [4.69, 9.17) is 18.0 Å². The average molecular weight is 254 g/mol. The zero-order valence-corrected chi connectivity index (χ0v) is 10.1. The smallest absolute Gasteiger partial charge is 0.391 e. The lowest BCUT2D eigenvalue weighted by molar-refractivity contribution is -0.185. The Morgan fingerprint density at radius 2 is 1.94 bits per heavy atom. The van der Waals surface area contributed by atoms with Gasteiger partial charge in [0, 0.05) is 12.5 Å². The second-order valence-electron chi connectivity index (χ2n) is 4.42. The number of hydrogen-bond donors (Lipinski definition) is 1. The molecule has 0 spiro atoms. The summed E-state index contributed by atoms with van der Waals surface area (Å²) in [7, 11) is 0. The zero-order chi connectivity index (χ0) is 12.3. The summed E-state index contributed by atoms with van der Waals surface area (Å²) in [6, 6.07) is 0. The van der Waals surface area contributed by atoms with Gasteiger partial charge < -0.3 is 10.6 Å². The van der Waals surface area contributed by atoms with E-state index in [0.717, 1.165) is 0 Å². The van der Waals surface area contributed by atoms with E-state index in [1.54, 1.807) is 0 Å². The van der Waals surface area contributed by atoms with E-state index >= 15 is 0 Å². The van der Waals surface area contributed by atoms with Crippen molar-refractivity contribution in [2.75, 3.05) is 19.6 Å². The average Bonchev–Trinajstić information content (AvgIpc) is 2.17. The number of piperidine rings is 1. The lowest BCUT2D eigenvalue weighted by Gasteiger charge is -2.34. The van der Waals surface area contributed by atoms with Crippen molar-refractivity contribution >= 4 is 17.2 Å². The van der Waals surface area contributed by atoms with Gasteiger partial charge in [-0.2, -0.15) is 13.2 Å². The minimum atomic E-state index is -4.04. The van der Waals surface area contributed by atoms with Crippen molar-refractivity contribution < 1.29 is 13.2 Å². The van der Waals surface area contributed by atoms with Gasteiger partial charge in [-0.25, -0.2) is 0 Å². The van der Waals surface area contributed by atoms with Crippen LogP contribution in [0.5, 0.6) is 0 Å². The van der Waals surface area contributed by atoms with Crippen LogP contribution in [0, 0.1) is 11.8 Å². The minimum absolute atomic E-state index is 0.0671. The van der Waals surface area contributed by atoms with E-state index in [9.17, 15) is 13.2 Å². The fraction of sp³-hybridized carbons (Fsp3) is 0.900. The standard InChI is InChI=1S/C10H17F3N2S/c1-7(9(14)16)6-15-4-2-8(3-5-15)10(11,12)13/h7-8H,2-6H2,1H3,(H2,14,16). The predicted octanol–water partition coefficient (Wildman–Crippen LogP) is 2.18. The van der Waals surface area contributed by atoms with Gasteiger partial charge in [-0.1, -0.05) is 19.1 Å². The van der Waals surface area contributed by atoms with Crippen molar-refractivity contribution in [2.24, 2.45) is 17.6 Å². The molecular formula is C10H17F3N2S. The second-order valence-corrected chi connectivity index (χ2v) is 4.89. The van der Waals surface area contributed by atoms with Crippen LogP contribution in [0.1, 0.15) is 19.8 Å². The van der Waals surface area contributed by atoms with E-state index in [-0.39, 0.29) is 18.8 Å². The lowest BCUT2D eigenvalue weighted by atomic mass is 9.95. The highest BCUT2D eigenvalue weighted by molar-refractivity contribution is 7.80. The van der Waals surface area contributed by atoms with Gasteiger partial charge in [0.2, 0.25) is 0 Å². The molecular weight excluding hydrogens is 237 g/mol. The second kappa shape index (κ2) is 5.31. The molecule has 1 heterocycles. The Morgan fingerprint density at radius 1 is 1.44 bits per heavy atom. The van der Waals surface area contributed by atoms with E-state index in [0.29, 0.717) is 24.6 Å². The molecule has 2 nitrogen and oxygen atoms in total. The highest BCUT2D eigenvalue weighted by Gasteiger charge is 2.41. The molecule has 1 aliphatic rings. The molecule has 16 heavy (non-hydrogen) atoms. The molecule has 6 heteroatoms. The normalized spacial score (nSPS) is 22.0. The summed E-state index contributed by atoms with van der Waals surface area (Å²) >= 11 is 4.84. The van der Waals surface area contributed by atoms with E-state index in [1.807, 2.05) is 11.8 Å². The minimum Gasteiger partial charge on any atom is -0.393 e. The molecule has 1 rings (SSSR count). The van der Waals surface area contributed by atoms with Gasteiger partial charge in [0.05, 0.1) is 10.9 Å². The van der Waals surface area contributed by atoms with Crippen LogP contribution < -0.4 is 5.73 Å². The van der Waals surface area contributed by atoms with Gasteiger partial charge in [-0.3, -0.25) is 0 Å². The van der Waals surface area contributed by atoms with Gasteiger partial charge in [0.1, 0.15) is 0 Å². The first-order valence-electron chi connectivity index (χ1n) is 5.39. The van der Waals surface area contributed by atoms with Gasteiger partial charge in [-0.05, 0) is 25.9 Å². The van der Waals surface area contributed by atoms with Crippen molar-refractivity contribution in [3.8, 4) is 0 Å². The largest absolute Gasteiger partial charge is 0.393 e. The molecule has 1 saturated heterocycles. The van der Waals surface area contributed by atoms with Gasteiger partial charge in [0.15, 0.2) is 0 Å². The quantitative estimate of drug-likeness (QED) is 0.783. The number of thiocarbonyl (C=S) groups is 1. The lowest BCUT2D eigenvalue weighted by Crippen LogP contribution is -2.42. The molecule has 0 aromatic rings. The molecule has 1 unspecified atom stereocenters. The summed E-state index contributed by atoms with van der Waals surface area (Å²) in [5, 5.41) is 0. The Kier molecular flexibility index (Phi) is 4.55. The molecule has 94 valence electrons. The first kappa shape index (κ1) is 13.7. The van der Waals surface area contributed by atoms with Crippen LogP contribution in [0.15, 0.2) is 0 Å². The summed E-state index contributed by atoms with van der Waals surface area (Å²) in [5.74, 6) is -1.07. The molecule has 1 atom stereocenters. The molecule has 0 amide bonds. The Hall–Kier alpha value is -0.360. The molecule has 0 radical (unpaired) electrons. The van der Waals surface area contributed by atoms with Crippen LogP contribution in [-0.4, -0.2) is 35.7 Å². The molecule has 0 aliphatic carbocycles. The summed E-state index contributed by atoms with van der Waals surface area (Å²) in [4.78, 5) is 2.43. The summed E-state index contributed by atoms with van der Waals surface area (Å²) in [5.41, 5.74) is 5.47. The van der Waals surface area contributed by atoms with Crippen LogP contribution in [0.2, 0.25) is 0 Å². The number of hydrogen-bond acceptors (Lipinski definition) is 2. The topological polar surface area (TPSA) is 29.3 Å². The van der Waals surface area contributed by atoms with Crippen molar-refractivity contribution in [2.45, 2.75) is 25.9 Å². The molecule has 0 saturated carbocycles. The number of likely N-dealkylation sites (tertiary alicyclic amines) is 1. The summed E-state index contributed by atoms with van der Waals surface area (Å²) in [6.45, 7) is 3.53. The first-order valence-corrected chi connectivity index (χ1v) is 5.80. The highest BCUT2D eigenvalue weighted by Crippen LogP contribution is 2.34. The number of nitrogens with zero attached hydrogens (tertiary/aromatic N) is 1. The number of rotatable bonds is 3. The highest BCUT2D eigenvalue weighted by atomic mass is 32.1. The molecule has 1 fully saturated rings. The van der Waals surface area contributed by atoms with Crippen molar-refractivity contribution in [3.05, 3.63) is 0 Å². The van der Waals surface area contributed by atoms with Gasteiger partial charge >= 0.3 is 6.18 Å². The van der Waals surface area contributed by atoms with Crippen LogP contribution in [-0.2, 0) is 0 Å². The summed E-state index contributed by atoms with van der Waals surface area (Å²) in [6.07, 6.45) is -3.66. The maximum absolute atomic E-state index is 12.4. The third-order valence-electron chi connectivity index (χ3n) is 3.07. The third kappa shape index (κ3) is 3.90. The van der Waals surface area contributed by atoms with Crippen molar-refractivity contribution in [3.63, 3.8) is 0 Å². The van der Waals surface area contributed by atoms with E-state index in [2.05, 4.69) is 0 Å². The van der Waals surface area contributed by atoms with E-state index < -0.39 is 12.1 Å². The maximum atomic E-state index is 12.4. The first-order chi connectivity index (χ1) is 7.30. The fourth-order valence-corrected chi connectivity index (χ4v) is 1.99. The van der Waals surface area contributed by atoms with Gasteiger partial charge in [0.25, 0.3) is 0 Å². The van der Waals surface area contributed by atoms with Crippen LogP contribution >= 0.6 is 12.2 Å². The fourth-order valence-electron chi connectivity index (χ4n) is 1.92. The van der Waals surface area contributed by atoms with Crippen LogP contribution in [0.4, 0.5) is 13.2 Å². The number of alkyl halides is 3. The molecule has 1 aliphatic heterocycles. The molecule has 0 aromatic heterocycles. The zero-order valence-electron chi connectivity index (χ0n) is 9.26. The van der Waals surface area contributed by atoms with Crippen LogP contribution in [0.25, 0.3) is 0 Å². The molecule has 2 N–H and O–H groups in total. The Labute approximate surface area is 99.0 Å².